The predicted octanol–water partition coefficient (Wildman–Crippen LogP) is 22.6. The number of allylic oxidation sites excluding steroid dienone is 18. The molecule has 5 unspecified atom stereocenters. The van der Waals surface area contributed by atoms with Crippen LogP contribution in [0.3, 0.4) is 0 Å². The third-order valence-electron chi connectivity index (χ3n) is 16.2. The van der Waals surface area contributed by atoms with E-state index in [1.54, 1.807) is 0 Å². The number of carbonyl (C=O) groups is 4. The van der Waals surface area contributed by atoms with Crippen LogP contribution in [-0.4, -0.2) is 96.7 Å². The first-order valence-electron chi connectivity index (χ1n) is 39.1. The molecule has 0 aliphatic carbocycles. The van der Waals surface area contributed by atoms with Crippen LogP contribution in [0.1, 0.15) is 323 Å². The lowest BCUT2D eigenvalue weighted by molar-refractivity contribution is -0.161. The van der Waals surface area contributed by atoms with E-state index >= 15 is 0 Å². The Morgan fingerprint density at radius 3 is 0.840 bits per heavy atom. The zero-order valence-corrected chi connectivity index (χ0v) is 64.6. The predicted molar refractivity (Wildman–Crippen MR) is 408 cm³/mol. The van der Waals surface area contributed by atoms with Crippen LogP contribution < -0.4 is 0 Å². The molecule has 0 fully saturated rings. The molecule has 19 heteroatoms. The lowest BCUT2D eigenvalue weighted by atomic mass is 10.0. The van der Waals surface area contributed by atoms with Crippen molar-refractivity contribution in [3.05, 3.63) is 109 Å². The summed E-state index contributed by atoms with van der Waals surface area (Å²) in [4.78, 5) is 72.9. The second-order valence-electron chi connectivity index (χ2n) is 25.9. The van der Waals surface area contributed by atoms with E-state index in [1.807, 2.05) is 0 Å². The van der Waals surface area contributed by atoms with Gasteiger partial charge in [-0.25, -0.2) is 9.13 Å². The molecule has 0 amide bonds. The summed E-state index contributed by atoms with van der Waals surface area (Å²) < 4.78 is 68.5. The molecule has 0 aromatic rings. The van der Waals surface area contributed by atoms with Gasteiger partial charge in [-0.15, -0.1) is 0 Å². The molecule has 0 aliphatic heterocycles. The van der Waals surface area contributed by atoms with E-state index in [0.717, 1.165) is 193 Å². The van der Waals surface area contributed by atoms with Gasteiger partial charge in [0.1, 0.15) is 19.3 Å². The number of aliphatic hydroxyl groups is 1. The van der Waals surface area contributed by atoms with E-state index in [0.29, 0.717) is 25.7 Å². The van der Waals surface area contributed by atoms with Crippen molar-refractivity contribution in [1.29, 1.82) is 0 Å². The molecule has 0 bridgehead atoms. The number of unbranched alkanes of at least 4 members (excludes halogenated alkanes) is 29. The molecule has 0 aromatic heterocycles. The van der Waals surface area contributed by atoms with Crippen molar-refractivity contribution < 1.29 is 80.2 Å². The molecule has 3 N–H and O–H groups in total. The molecule has 0 aliphatic rings. The number of phosphoric acid groups is 2. The highest BCUT2D eigenvalue weighted by Gasteiger charge is 2.30. The SMILES string of the molecule is CC/C=C\C/C=C\C/C=C\C/C=C\CCCCCCC(=O)OCC(COP(=O)(O)OCC(O)COP(=O)(O)OCC(COC(=O)CCCCCCCCC/C=C\C/C=C\C/C=C\CC)OC(=O)CCCCCCC/C=C\C/C=C\CCC)OC(=O)CCCCCCCCCCCCCCC. The molecule has 0 radical (unpaired) electrons. The number of carbonyl (C=O) groups excluding carboxylic acids is 4. The van der Waals surface area contributed by atoms with Gasteiger partial charge in [0.2, 0.25) is 0 Å². The Morgan fingerprint density at radius 1 is 0.290 bits per heavy atom. The van der Waals surface area contributed by atoms with Gasteiger partial charge in [-0.3, -0.25) is 37.3 Å². The van der Waals surface area contributed by atoms with Gasteiger partial charge < -0.3 is 33.8 Å². The van der Waals surface area contributed by atoms with Gasteiger partial charge in [0.25, 0.3) is 0 Å². The zero-order valence-electron chi connectivity index (χ0n) is 62.8. The van der Waals surface area contributed by atoms with Crippen LogP contribution in [0, 0.1) is 0 Å². The Labute approximate surface area is 607 Å². The van der Waals surface area contributed by atoms with E-state index in [4.69, 9.17) is 37.0 Å². The maximum absolute atomic E-state index is 13.1. The normalized spacial score (nSPS) is 14.5. The standard InChI is InChI=1S/C81H140O17P2/c1-5-9-13-17-21-25-29-33-35-37-39-43-45-49-53-57-61-65-78(83)91-71-76(97-80(85)67-63-59-55-51-47-41-31-27-23-19-15-11-7-3)73-95-99(87,88)93-69-75(82)70-94-100(89,90)96-74-77(98-81(86)68-64-60-56-52-48-42-32-28-24-20-16-12-8-4)72-92-79(84)66-62-58-54-50-46-44-40-38-36-34-30-26-22-18-14-10-6-2/h9-10,13-15,19,21-22,25-27,31,33-36,40,44,75-77,82H,5-8,11-12,16-18,20,23-24,28-30,32,37-39,41-43,45-74H2,1-4H3,(H,87,88)(H,89,90)/b13-9-,14-10-,19-15-,25-21-,26-22-,31-27-,35-33-,36-34-,44-40-. The summed E-state index contributed by atoms with van der Waals surface area (Å²) in [6.45, 7) is 4.56. The number of hydrogen-bond donors (Lipinski definition) is 3. The summed E-state index contributed by atoms with van der Waals surface area (Å²) in [5, 5.41) is 10.6. The lowest BCUT2D eigenvalue weighted by Gasteiger charge is -2.21. The summed E-state index contributed by atoms with van der Waals surface area (Å²) in [6.07, 6.45) is 77.8. The number of hydrogen-bond acceptors (Lipinski definition) is 15. The Kier molecular flexibility index (Phi) is 69.9. The van der Waals surface area contributed by atoms with Gasteiger partial charge >= 0.3 is 39.5 Å². The molecule has 100 heavy (non-hydrogen) atoms. The minimum Gasteiger partial charge on any atom is -0.462 e. The second kappa shape index (κ2) is 73.0. The molecule has 0 rings (SSSR count). The van der Waals surface area contributed by atoms with Gasteiger partial charge in [0.15, 0.2) is 12.2 Å². The largest absolute Gasteiger partial charge is 0.472 e. The Bertz CT molecular complexity index is 2320. The van der Waals surface area contributed by atoms with E-state index in [-0.39, 0.29) is 25.7 Å². The average molecular weight is 1450 g/mol. The maximum atomic E-state index is 13.1. The molecular formula is C81H140O17P2. The number of esters is 4. The van der Waals surface area contributed by atoms with Crippen molar-refractivity contribution in [3.63, 3.8) is 0 Å². The van der Waals surface area contributed by atoms with Crippen molar-refractivity contribution in [2.45, 2.75) is 341 Å². The third kappa shape index (κ3) is 72.1. The Hall–Kier alpha value is -4.28. The van der Waals surface area contributed by atoms with Gasteiger partial charge in [-0.05, 0) is 122 Å². The molecule has 576 valence electrons. The van der Waals surface area contributed by atoms with Gasteiger partial charge in [0.05, 0.1) is 26.4 Å². The number of ether oxygens (including phenoxy) is 4. The quantitative estimate of drug-likeness (QED) is 0.0169. The summed E-state index contributed by atoms with van der Waals surface area (Å²) in [5.74, 6) is -2.21. The van der Waals surface area contributed by atoms with E-state index in [9.17, 15) is 43.2 Å². The van der Waals surface area contributed by atoms with Crippen molar-refractivity contribution in [2.75, 3.05) is 39.6 Å². The highest BCUT2D eigenvalue weighted by Crippen LogP contribution is 2.45. The molecule has 0 saturated carbocycles. The summed E-state index contributed by atoms with van der Waals surface area (Å²) in [5.41, 5.74) is 0. The molecule has 5 atom stereocenters. The summed E-state index contributed by atoms with van der Waals surface area (Å²) >= 11 is 0. The Balaban J connectivity index is 5.35. The van der Waals surface area contributed by atoms with Gasteiger partial charge in [-0.2, -0.15) is 0 Å². The summed E-state index contributed by atoms with van der Waals surface area (Å²) in [6, 6.07) is 0. The van der Waals surface area contributed by atoms with E-state index in [2.05, 4.69) is 137 Å². The molecule has 0 heterocycles. The first kappa shape index (κ1) is 95.7. The minimum atomic E-state index is -4.98. The fourth-order valence-electron chi connectivity index (χ4n) is 10.3. The fraction of sp³-hybridized carbons (Fsp3) is 0.728. The average Bonchev–Trinajstić information content (AvgIpc) is 0.943. The van der Waals surface area contributed by atoms with Gasteiger partial charge in [0, 0.05) is 25.7 Å². The van der Waals surface area contributed by atoms with Crippen LogP contribution in [0.5, 0.6) is 0 Å². The zero-order chi connectivity index (χ0) is 73.2. The first-order chi connectivity index (χ1) is 48.7. The highest BCUT2D eigenvalue weighted by atomic mass is 31.2. The van der Waals surface area contributed by atoms with Crippen LogP contribution in [0.25, 0.3) is 0 Å². The second-order valence-corrected chi connectivity index (χ2v) is 28.8. The molecule has 0 saturated heterocycles. The summed E-state index contributed by atoms with van der Waals surface area (Å²) in [7, 11) is -9.96. The smallest absolute Gasteiger partial charge is 0.462 e. The molecule has 0 spiro atoms. The van der Waals surface area contributed by atoms with Gasteiger partial charge in [-0.1, -0.05) is 285 Å². The van der Waals surface area contributed by atoms with Crippen molar-refractivity contribution >= 4 is 39.5 Å². The number of phosphoric ester groups is 2. The lowest BCUT2D eigenvalue weighted by Crippen LogP contribution is -2.30. The third-order valence-corrected chi connectivity index (χ3v) is 18.1. The fourth-order valence-corrected chi connectivity index (χ4v) is 11.9. The monoisotopic (exact) mass is 1450 g/mol. The number of aliphatic hydroxyl groups excluding tert-OH is 1. The van der Waals surface area contributed by atoms with Crippen molar-refractivity contribution in [1.82, 2.24) is 0 Å². The van der Waals surface area contributed by atoms with Crippen LogP contribution in [0.15, 0.2) is 109 Å². The van der Waals surface area contributed by atoms with Crippen LogP contribution in [0.2, 0.25) is 0 Å². The molecule has 17 nitrogen and oxygen atoms in total. The molecule has 0 aromatic carbocycles. The van der Waals surface area contributed by atoms with Crippen molar-refractivity contribution in [3.8, 4) is 0 Å². The van der Waals surface area contributed by atoms with Crippen LogP contribution in [-0.2, 0) is 65.4 Å². The van der Waals surface area contributed by atoms with Crippen molar-refractivity contribution in [2.24, 2.45) is 0 Å². The van der Waals surface area contributed by atoms with E-state index < -0.39 is 97.5 Å². The number of rotatable bonds is 73. The van der Waals surface area contributed by atoms with Crippen LogP contribution >= 0.6 is 15.6 Å². The Morgan fingerprint density at radius 2 is 0.540 bits per heavy atom. The maximum Gasteiger partial charge on any atom is 0.472 e. The topological polar surface area (TPSA) is 237 Å². The first-order valence-corrected chi connectivity index (χ1v) is 42.1. The van der Waals surface area contributed by atoms with E-state index in [1.165, 1.54) is 51.4 Å². The minimum absolute atomic E-state index is 0.0756. The highest BCUT2D eigenvalue weighted by molar-refractivity contribution is 7.47. The van der Waals surface area contributed by atoms with Crippen LogP contribution in [0.4, 0.5) is 0 Å². The molecular weight excluding hydrogens is 1310 g/mol.